The topological polar surface area (TPSA) is 77.2 Å². The van der Waals surface area contributed by atoms with E-state index >= 15 is 0 Å². The first-order valence-corrected chi connectivity index (χ1v) is 11.1. The fraction of sp³-hybridized carbons (Fsp3) is 0.346. The average Bonchev–Trinajstić information content (AvgIpc) is 2.79. The molecule has 2 aromatic rings. The standard InChI is InChI=1S/C26H33N5/c1-18-17-31(2)26(28)23(25(18)30-22-9-6-14-29-16-22)24(27)21-12-10-20(11-13-21)15-19-7-4-3-5-8-19/h3-5,7-8,10-13,22,28-30H,6,9,14-17,27H2,1-2H3. The highest BCUT2D eigenvalue weighted by Gasteiger charge is 2.28. The molecule has 5 heteroatoms. The molecule has 2 aliphatic rings. The molecule has 1 atom stereocenters. The van der Waals surface area contributed by atoms with E-state index in [0.29, 0.717) is 17.6 Å². The highest BCUT2D eigenvalue weighted by molar-refractivity contribution is 6.07. The third-order valence-electron chi connectivity index (χ3n) is 6.20. The van der Waals surface area contributed by atoms with Gasteiger partial charge in [0.05, 0.1) is 11.3 Å². The molecule has 2 aliphatic heterocycles. The molecule has 1 fully saturated rings. The fourth-order valence-corrected chi connectivity index (χ4v) is 4.45. The summed E-state index contributed by atoms with van der Waals surface area (Å²) in [7, 11) is 1.96. The Hall–Kier alpha value is -3.05. The summed E-state index contributed by atoms with van der Waals surface area (Å²) >= 11 is 0. The average molecular weight is 416 g/mol. The molecule has 0 aliphatic carbocycles. The van der Waals surface area contributed by atoms with E-state index in [0.717, 1.165) is 49.3 Å². The second-order valence-electron chi connectivity index (χ2n) is 8.70. The molecular weight excluding hydrogens is 382 g/mol. The number of nitrogens with two attached hydrogens (primary N) is 1. The van der Waals surface area contributed by atoms with Crippen LogP contribution >= 0.6 is 0 Å². The molecule has 0 radical (unpaired) electrons. The Balaban J connectivity index is 1.63. The van der Waals surface area contributed by atoms with Gasteiger partial charge in [-0.3, -0.25) is 5.41 Å². The van der Waals surface area contributed by atoms with Crippen LogP contribution in [0.4, 0.5) is 0 Å². The monoisotopic (exact) mass is 415 g/mol. The van der Waals surface area contributed by atoms with Gasteiger partial charge in [-0.15, -0.1) is 0 Å². The number of piperidine rings is 1. The minimum absolute atomic E-state index is 0.367. The molecule has 162 valence electrons. The lowest BCUT2D eigenvalue weighted by molar-refractivity contribution is 0.410. The van der Waals surface area contributed by atoms with E-state index in [9.17, 15) is 0 Å². The molecule has 4 rings (SSSR count). The van der Waals surface area contributed by atoms with Gasteiger partial charge >= 0.3 is 0 Å². The Bertz CT molecular complexity index is 982. The van der Waals surface area contributed by atoms with Crippen molar-refractivity contribution in [1.29, 1.82) is 5.41 Å². The number of likely N-dealkylation sites (N-methyl/N-ethyl adjacent to an activating group) is 1. The molecule has 0 amide bonds. The Morgan fingerprint density at radius 1 is 1.13 bits per heavy atom. The van der Waals surface area contributed by atoms with Crippen LogP contribution < -0.4 is 16.4 Å². The van der Waals surface area contributed by atoms with Crippen molar-refractivity contribution in [1.82, 2.24) is 15.5 Å². The number of benzene rings is 2. The summed E-state index contributed by atoms with van der Waals surface area (Å²) in [6.45, 7) is 4.90. The van der Waals surface area contributed by atoms with Gasteiger partial charge in [0.15, 0.2) is 0 Å². The molecular formula is C26H33N5. The lowest BCUT2D eigenvalue weighted by atomic mass is 9.94. The van der Waals surface area contributed by atoms with Gasteiger partial charge < -0.3 is 21.3 Å². The SMILES string of the molecule is CC1=C(NC2CCCNC2)C(=C(N)c2ccc(Cc3ccccc3)cc2)C(=N)N(C)C1. The van der Waals surface area contributed by atoms with Crippen LogP contribution in [0.25, 0.3) is 5.70 Å². The van der Waals surface area contributed by atoms with Crippen LogP contribution in [0.3, 0.4) is 0 Å². The van der Waals surface area contributed by atoms with Crippen LogP contribution in [0.2, 0.25) is 0 Å². The first kappa shape index (κ1) is 21.2. The summed E-state index contributed by atoms with van der Waals surface area (Å²) in [6.07, 6.45) is 3.20. The summed E-state index contributed by atoms with van der Waals surface area (Å²) in [4.78, 5) is 1.96. The fourth-order valence-electron chi connectivity index (χ4n) is 4.45. The highest BCUT2D eigenvalue weighted by atomic mass is 15.2. The van der Waals surface area contributed by atoms with Gasteiger partial charge in [0, 0.05) is 31.9 Å². The zero-order valence-corrected chi connectivity index (χ0v) is 18.5. The largest absolute Gasteiger partial charge is 0.398 e. The van der Waals surface area contributed by atoms with E-state index in [1.54, 1.807) is 0 Å². The lowest BCUT2D eigenvalue weighted by Gasteiger charge is -2.35. The van der Waals surface area contributed by atoms with Gasteiger partial charge in [-0.25, -0.2) is 0 Å². The Labute approximate surface area is 185 Å². The maximum Gasteiger partial charge on any atom is 0.132 e. The number of hydrogen-bond donors (Lipinski definition) is 4. The highest BCUT2D eigenvalue weighted by Crippen LogP contribution is 2.28. The number of nitrogens with one attached hydrogen (secondary N) is 3. The molecule has 1 unspecified atom stereocenters. The van der Waals surface area contributed by atoms with Gasteiger partial charge in [0.2, 0.25) is 0 Å². The van der Waals surface area contributed by atoms with E-state index in [2.05, 4.69) is 66.1 Å². The van der Waals surface area contributed by atoms with E-state index in [1.165, 1.54) is 23.1 Å². The summed E-state index contributed by atoms with van der Waals surface area (Å²) in [5.74, 6) is 0.475. The van der Waals surface area contributed by atoms with Gasteiger partial charge in [-0.05, 0) is 55.0 Å². The summed E-state index contributed by atoms with van der Waals surface area (Å²) in [5, 5.41) is 15.9. The molecule has 2 heterocycles. The molecule has 0 saturated carbocycles. The minimum Gasteiger partial charge on any atom is -0.398 e. The first-order chi connectivity index (χ1) is 15.0. The van der Waals surface area contributed by atoms with E-state index in [-0.39, 0.29) is 0 Å². The van der Waals surface area contributed by atoms with Crippen molar-refractivity contribution >= 4 is 11.5 Å². The van der Waals surface area contributed by atoms with Crippen LogP contribution in [0.15, 0.2) is 71.4 Å². The molecule has 5 nitrogen and oxygen atoms in total. The van der Waals surface area contributed by atoms with E-state index in [1.807, 2.05) is 18.0 Å². The number of rotatable bonds is 5. The number of hydrogen-bond acceptors (Lipinski definition) is 4. The van der Waals surface area contributed by atoms with Crippen molar-refractivity contribution in [3.8, 4) is 0 Å². The van der Waals surface area contributed by atoms with Crippen LogP contribution in [0, 0.1) is 5.41 Å². The lowest BCUT2D eigenvalue weighted by Crippen LogP contribution is -2.46. The molecule has 1 saturated heterocycles. The van der Waals surface area contributed by atoms with Crippen molar-refractivity contribution in [2.45, 2.75) is 32.2 Å². The van der Waals surface area contributed by atoms with Crippen LogP contribution in [0.5, 0.6) is 0 Å². The molecule has 0 bridgehead atoms. The van der Waals surface area contributed by atoms with Crippen molar-refractivity contribution in [3.63, 3.8) is 0 Å². The molecule has 5 N–H and O–H groups in total. The zero-order valence-electron chi connectivity index (χ0n) is 18.5. The third kappa shape index (κ3) is 4.83. The second kappa shape index (κ2) is 9.40. The van der Waals surface area contributed by atoms with Crippen molar-refractivity contribution < 1.29 is 0 Å². The second-order valence-corrected chi connectivity index (χ2v) is 8.70. The predicted molar refractivity (Wildman–Crippen MR) is 129 cm³/mol. The Morgan fingerprint density at radius 2 is 1.84 bits per heavy atom. The first-order valence-electron chi connectivity index (χ1n) is 11.1. The molecule has 2 aromatic carbocycles. The van der Waals surface area contributed by atoms with Gasteiger partial charge in [0.25, 0.3) is 0 Å². The van der Waals surface area contributed by atoms with Gasteiger partial charge in [-0.2, -0.15) is 0 Å². The number of nitrogens with zero attached hydrogens (tertiary/aromatic N) is 1. The predicted octanol–water partition coefficient (Wildman–Crippen LogP) is 3.49. The maximum atomic E-state index is 8.76. The Morgan fingerprint density at radius 3 is 2.52 bits per heavy atom. The van der Waals surface area contributed by atoms with E-state index in [4.69, 9.17) is 11.1 Å². The van der Waals surface area contributed by atoms with Crippen LogP contribution in [-0.2, 0) is 6.42 Å². The normalized spacial score (nSPS) is 21.3. The van der Waals surface area contributed by atoms with Crippen LogP contribution in [-0.4, -0.2) is 43.5 Å². The van der Waals surface area contributed by atoms with Gasteiger partial charge in [0.1, 0.15) is 5.84 Å². The molecule has 31 heavy (non-hydrogen) atoms. The molecule has 0 aromatic heterocycles. The smallest absolute Gasteiger partial charge is 0.132 e. The summed E-state index contributed by atoms with van der Waals surface area (Å²) in [6, 6.07) is 19.3. The van der Waals surface area contributed by atoms with Crippen molar-refractivity contribution in [2.24, 2.45) is 5.73 Å². The van der Waals surface area contributed by atoms with E-state index < -0.39 is 0 Å². The van der Waals surface area contributed by atoms with Gasteiger partial charge in [-0.1, -0.05) is 54.6 Å². The van der Waals surface area contributed by atoms with Crippen molar-refractivity contribution in [3.05, 3.63) is 88.1 Å². The minimum atomic E-state index is 0.367. The van der Waals surface area contributed by atoms with Crippen LogP contribution in [0.1, 0.15) is 36.5 Å². The zero-order chi connectivity index (χ0) is 21.8. The summed E-state index contributed by atoms with van der Waals surface area (Å²) in [5.41, 5.74) is 13.9. The summed E-state index contributed by atoms with van der Waals surface area (Å²) < 4.78 is 0. The molecule has 0 spiro atoms. The quantitative estimate of drug-likeness (QED) is 0.603. The van der Waals surface area contributed by atoms with Crippen molar-refractivity contribution in [2.75, 3.05) is 26.7 Å². The Kier molecular flexibility index (Phi) is 6.42. The third-order valence-corrected chi connectivity index (χ3v) is 6.20. The maximum absolute atomic E-state index is 8.76. The number of amidine groups is 1.